The summed E-state index contributed by atoms with van der Waals surface area (Å²) in [4.78, 5) is 5.13. The van der Waals surface area contributed by atoms with Crippen molar-refractivity contribution in [3.05, 3.63) is 51.1 Å². The number of aromatic nitrogens is 1. The number of anilines is 2. The van der Waals surface area contributed by atoms with Gasteiger partial charge in [-0.1, -0.05) is 28.1 Å². The van der Waals surface area contributed by atoms with Crippen LogP contribution in [0.2, 0.25) is 0 Å². The maximum Gasteiger partial charge on any atom is 0.140 e. The Kier molecular flexibility index (Phi) is 3.95. The number of fused-ring (bicyclic) bond motifs is 1. The van der Waals surface area contributed by atoms with Gasteiger partial charge >= 0.3 is 0 Å². The number of nitrogens with one attached hydrogen (secondary N) is 1. The first-order valence-corrected chi connectivity index (χ1v) is 8.10. The number of rotatable bonds is 3. The normalized spacial score (nSPS) is 13.0. The van der Waals surface area contributed by atoms with Gasteiger partial charge in [0, 0.05) is 15.9 Å². The van der Waals surface area contributed by atoms with E-state index in [1.165, 1.54) is 5.56 Å². The van der Waals surface area contributed by atoms with Gasteiger partial charge in [0.1, 0.15) is 10.8 Å². The van der Waals surface area contributed by atoms with Gasteiger partial charge in [-0.2, -0.15) is 0 Å². The molecule has 5 heteroatoms. The summed E-state index contributed by atoms with van der Waals surface area (Å²) in [6.45, 7) is 2.06. The van der Waals surface area contributed by atoms with Crippen LogP contribution in [0, 0.1) is 6.92 Å². The highest BCUT2D eigenvalue weighted by molar-refractivity contribution is 9.10. The molecule has 0 radical (unpaired) electrons. The fourth-order valence-corrected chi connectivity index (χ4v) is 3.28. The molecule has 0 unspecified atom stereocenters. The minimum Gasteiger partial charge on any atom is -0.389 e. The van der Waals surface area contributed by atoms with E-state index >= 15 is 0 Å². The molecule has 1 aliphatic carbocycles. The number of hydrogen-bond acceptors (Lipinski definition) is 3. The topological polar surface area (TPSA) is 50.9 Å². The molecule has 3 N–H and O–H groups in total. The molecule has 21 heavy (non-hydrogen) atoms. The average Bonchev–Trinajstić information content (AvgIpc) is 2.88. The third-order valence-corrected chi connectivity index (χ3v) is 4.47. The predicted octanol–water partition coefficient (Wildman–Crippen LogP) is 4.02. The number of pyridine rings is 1. The molecule has 1 heterocycles. The van der Waals surface area contributed by atoms with Crippen LogP contribution >= 0.6 is 28.1 Å². The van der Waals surface area contributed by atoms with Crippen LogP contribution in [-0.4, -0.2) is 9.97 Å². The lowest BCUT2D eigenvalue weighted by Crippen LogP contribution is -2.14. The number of thiocarbonyl (C=S) groups is 1. The van der Waals surface area contributed by atoms with Crippen LogP contribution in [0.3, 0.4) is 0 Å². The van der Waals surface area contributed by atoms with Crippen LogP contribution in [0.1, 0.15) is 28.8 Å². The third-order valence-electron chi connectivity index (χ3n) is 3.76. The lowest BCUT2D eigenvalue weighted by molar-refractivity contribution is 0.900. The smallest absolute Gasteiger partial charge is 0.140 e. The summed E-state index contributed by atoms with van der Waals surface area (Å²) in [7, 11) is 0. The van der Waals surface area contributed by atoms with Gasteiger partial charge in [0.05, 0.1) is 5.56 Å². The predicted molar refractivity (Wildman–Crippen MR) is 94.3 cm³/mol. The highest BCUT2D eigenvalue weighted by Gasteiger charge is 2.18. The molecule has 2 aromatic rings. The molecule has 0 spiro atoms. The van der Waals surface area contributed by atoms with Gasteiger partial charge in [0.25, 0.3) is 0 Å². The Labute approximate surface area is 138 Å². The van der Waals surface area contributed by atoms with Crippen molar-refractivity contribution in [2.75, 3.05) is 5.32 Å². The largest absolute Gasteiger partial charge is 0.389 e. The molecule has 3 nitrogen and oxygen atoms in total. The van der Waals surface area contributed by atoms with E-state index in [0.717, 1.165) is 52.1 Å². The first kappa shape index (κ1) is 14.5. The van der Waals surface area contributed by atoms with Crippen LogP contribution in [0.4, 0.5) is 11.5 Å². The van der Waals surface area contributed by atoms with Crippen LogP contribution < -0.4 is 11.1 Å². The van der Waals surface area contributed by atoms with Crippen molar-refractivity contribution < 1.29 is 0 Å². The Morgan fingerprint density at radius 1 is 1.33 bits per heavy atom. The number of nitrogens with two attached hydrogens (primary N) is 1. The summed E-state index contributed by atoms with van der Waals surface area (Å²) >= 11 is 8.66. The molecule has 108 valence electrons. The maximum absolute atomic E-state index is 5.87. The number of halogens is 1. The quantitative estimate of drug-likeness (QED) is 0.810. The Balaban J connectivity index is 2.03. The van der Waals surface area contributed by atoms with Gasteiger partial charge in [0.2, 0.25) is 0 Å². The second kappa shape index (κ2) is 5.73. The molecule has 0 saturated carbocycles. The molecule has 1 aromatic heterocycles. The van der Waals surface area contributed by atoms with E-state index in [0.29, 0.717) is 4.99 Å². The Hall–Kier alpha value is -1.46. The van der Waals surface area contributed by atoms with Gasteiger partial charge in [-0.3, -0.25) is 0 Å². The maximum atomic E-state index is 5.87. The zero-order valence-corrected chi connectivity index (χ0v) is 14.1. The minimum absolute atomic E-state index is 0.384. The molecule has 0 fully saturated rings. The van der Waals surface area contributed by atoms with E-state index in [-0.39, 0.29) is 0 Å². The molecule has 0 aliphatic heterocycles. The number of nitrogens with zero attached hydrogens (tertiary/aromatic N) is 1. The van der Waals surface area contributed by atoms with E-state index in [2.05, 4.69) is 40.3 Å². The summed E-state index contributed by atoms with van der Waals surface area (Å²) in [6, 6.07) is 8.19. The number of aryl methyl sites for hydroxylation is 3. The van der Waals surface area contributed by atoms with E-state index in [1.54, 1.807) is 0 Å². The van der Waals surface area contributed by atoms with E-state index < -0.39 is 0 Å². The summed E-state index contributed by atoms with van der Waals surface area (Å²) in [5.41, 5.74) is 11.3. The monoisotopic (exact) mass is 361 g/mol. The van der Waals surface area contributed by atoms with Crippen LogP contribution in [-0.2, 0) is 12.8 Å². The Bertz CT molecular complexity index is 728. The van der Waals surface area contributed by atoms with Crippen LogP contribution in [0.15, 0.2) is 28.7 Å². The van der Waals surface area contributed by atoms with E-state index in [4.69, 9.17) is 22.9 Å². The van der Waals surface area contributed by atoms with E-state index in [9.17, 15) is 0 Å². The van der Waals surface area contributed by atoms with Crippen molar-refractivity contribution in [2.45, 2.75) is 26.2 Å². The second-order valence-electron chi connectivity index (χ2n) is 5.29. The first-order chi connectivity index (χ1) is 10.0. The van der Waals surface area contributed by atoms with Gasteiger partial charge in [-0.05, 0) is 61.6 Å². The fraction of sp³-hybridized carbons (Fsp3) is 0.250. The summed E-state index contributed by atoms with van der Waals surface area (Å²) in [5.74, 6) is 0.758. The van der Waals surface area contributed by atoms with Crippen molar-refractivity contribution in [1.29, 1.82) is 0 Å². The summed E-state index contributed by atoms with van der Waals surface area (Å²) in [5, 5.41) is 3.38. The first-order valence-electron chi connectivity index (χ1n) is 6.90. The highest BCUT2D eigenvalue weighted by atomic mass is 79.9. The molecule has 0 amide bonds. The molecular weight excluding hydrogens is 346 g/mol. The average molecular weight is 362 g/mol. The zero-order valence-electron chi connectivity index (χ0n) is 11.7. The van der Waals surface area contributed by atoms with Crippen molar-refractivity contribution in [2.24, 2.45) is 5.73 Å². The second-order valence-corrected chi connectivity index (χ2v) is 6.65. The van der Waals surface area contributed by atoms with Gasteiger partial charge in [0.15, 0.2) is 0 Å². The Morgan fingerprint density at radius 2 is 2.14 bits per heavy atom. The standard InChI is InChI=1S/C16H16BrN3S/c1-9-7-11(17)5-6-13(9)19-16-12(15(18)21)8-10-3-2-4-14(10)20-16/h5-8H,2-4H2,1H3,(H2,18,21)(H,19,20). The fourth-order valence-electron chi connectivity index (χ4n) is 2.65. The molecule has 0 atom stereocenters. The lowest BCUT2D eigenvalue weighted by Gasteiger charge is -2.14. The zero-order chi connectivity index (χ0) is 15.0. The van der Waals surface area contributed by atoms with Crippen LogP contribution in [0.5, 0.6) is 0 Å². The molecule has 0 bridgehead atoms. The van der Waals surface area contributed by atoms with Gasteiger partial charge < -0.3 is 11.1 Å². The number of hydrogen-bond donors (Lipinski definition) is 2. The minimum atomic E-state index is 0.384. The lowest BCUT2D eigenvalue weighted by atomic mass is 10.1. The van der Waals surface area contributed by atoms with Crippen molar-refractivity contribution in [3.8, 4) is 0 Å². The number of benzene rings is 1. The summed E-state index contributed by atoms with van der Waals surface area (Å²) in [6.07, 6.45) is 3.25. The molecular formula is C16H16BrN3S. The van der Waals surface area contributed by atoms with Crippen molar-refractivity contribution in [3.63, 3.8) is 0 Å². The SMILES string of the molecule is Cc1cc(Br)ccc1Nc1nc2c(cc1C(N)=S)CCC2. The molecule has 3 rings (SSSR count). The molecule has 1 aliphatic rings. The third kappa shape index (κ3) is 2.94. The highest BCUT2D eigenvalue weighted by Crippen LogP contribution is 2.29. The van der Waals surface area contributed by atoms with Crippen LogP contribution in [0.25, 0.3) is 0 Å². The summed E-state index contributed by atoms with van der Waals surface area (Å²) < 4.78 is 1.06. The van der Waals surface area contributed by atoms with Crippen molar-refractivity contribution >= 4 is 44.6 Å². The van der Waals surface area contributed by atoms with Gasteiger partial charge in [-0.25, -0.2) is 4.98 Å². The van der Waals surface area contributed by atoms with Gasteiger partial charge in [-0.15, -0.1) is 0 Å². The van der Waals surface area contributed by atoms with Crippen molar-refractivity contribution in [1.82, 2.24) is 4.98 Å². The molecule has 0 saturated heterocycles. The van der Waals surface area contributed by atoms with E-state index in [1.807, 2.05) is 12.1 Å². The Morgan fingerprint density at radius 3 is 2.86 bits per heavy atom. The molecule has 1 aromatic carbocycles.